The van der Waals surface area contributed by atoms with Crippen molar-refractivity contribution in [2.45, 2.75) is 64.0 Å². The number of nitriles is 1. The van der Waals surface area contributed by atoms with Gasteiger partial charge in [0.25, 0.3) is 0 Å². The third-order valence-corrected chi connectivity index (χ3v) is 5.84. The molecule has 2 aliphatic carbocycles. The summed E-state index contributed by atoms with van der Waals surface area (Å²) < 4.78 is 20.2. The van der Waals surface area contributed by atoms with Crippen molar-refractivity contribution in [2.24, 2.45) is 11.8 Å². The number of carbonyl (C=O) groups excluding carboxylic acids is 1. The van der Waals surface area contributed by atoms with E-state index in [1.807, 2.05) is 18.2 Å². The molecule has 1 unspecified atom stereocenters. The molecule has 1 fully saturated rings. The lowest BCUT2D eigenvalue weighted by Crippen LogP contribution is -2.44. The number of fused-ring (bicyclic) bond motifs is 3. The minimum atomic E-state index is -1.17. The molecule has 1 aromatic rings. The lowest BCUT2D eigenvalue weighted by Gasteiger charge is -2.48. The molecule has 0 aromatic heterocycles. The Morgan fingerprint density at radius 3 is 2.96 bits per heavy atom. The van der Waals surface area contributed by atoms with Gasteiger partial charge in [-0.05, 0) is 80.0 Å². The Morgan fingerprint density at radius 2 is 2.25 bits per heavy atom. The molecule has 0 saturated heterocycles. The first-order valence-electron chi connectivity index (χ1n) is 8.79. The van der Waals surface area contributed by atoms with Crippen LogP contribution in [0.1, 0.15) is 63.0 Å². The van der Waals surface area contributed by atoms with Crippen molar-refractivity contribution in [3.05, 3.63) is 29.3 Å². The number of aryl methyl sites for hydroxylation is 1. The summed E-state index contributed by atoms with van der Waals surface area (Å²) in [6.45, 7) is 3.11. The summed E-state index contributed by atoms with van der Waals surface area (Å²) in [6, 6.07) is 8.03. The fraction of sp³-hybridized carbons (Fsp3) is 0.600. The normalized spacial score (nSPS) is 31.5. The number of benzene rings is 1. The molecule has 0 spiro atoms. The summed E-state index contributed by atoms with van der Waals surface area (Å²) in [4.78, 5) is 11.1. The van der Waals surface area contributed by atoms with Gasteiger partial charge >= 0.3 is 5.97 Å². The van der Waals surface area contributed by atoms with Gasteiger partial charge < -0.3 is 4.74 Å². The first-order chi connectivity index (χ1) is 11.4. The largest absolute Gasteiger partial charge is 0.427 e. The standard InChI is InChI=1S/C20H24FNO2/c1-13(23)24-15-6-8-16-14(12-15)5-7-18-17(16)9-10-20(2,21)19(18)4-3-11-22/h6,8,12,17-19H,3-5,7,9-10H2,1-2H3/t17-,18-,19-,20?/m1/s1. The Bertz CT molecular complexity index is 677. The zero-order valence-corrected chi connectivity index (χ0v) is 14.3. The molecule has 3 rings (SSSR count). The number of halogens is 1. The number of hydrogen-bond donors (Lipinski definition) is 0. The van der Waals surface area contributed by atoms with Crippen LogP contribution in [0.5, 0.6) is 5.75 Å². The van der Waals surface area contributed by atoms with E-state index >= 15 is 4.39 Å². The van der Waals surface area contributed by atoms with Gasteiger partial charge in [0.2, 0.25) is 0 Å². The Hall–Kier alpha value is -1.89. The quantitative estimate of drug-likeness (QED) is 0.596. The van der Waals surface area contributed by atoms with E-state index in [0.717, 1.165) is 19.3 Å². The van der Waals surface area contributed by atoms with Crippen molar-refractivity contribution < 1.29 is 13.9 Å². The number of carbonyl (C=O) groups is 1. The van der Waals surface area contributed by atoms with Gasteiger partial charge in [-0.25, -0.2) is 4.39 Å². The molecule has 2 aliphatic rings. The lowest BCUT2D eigenvalue weighted by atomic mass is 9.58. The summed E-state index contributed by atoms with van der Waals surface area (Å²) in [5.74, 6) is 0.886. The van der Waals surface area contributed by atoms with Gasteiger partial charge in [0, 0.05) is 13.3 Å². The first-order valence-corrected chi connectivity index (χ1v) is 8.79. The summed E-state index contributed by atoms with van der Waals surface area (Å²) in [5, 5.41) is 8.91. The minimum absolute atomic E-state index is 0.0443. The van der Waals surface area contributed by atoms with Crippen LogP contribution in [0, 0.1) is 23.2 Å². The zero-order chi connectivity index (χ0) is 17.3. The molecule has 0 radical (unpaired) electrons. The molecular formula is C20H24FNO2. The van der Waals surface area contributed by atoms with Gasteiger partial charge in [-0.2, -0.15) is 5.26 Å². The Morgan fingerprint density at radius 1 is 1.46 bits per heavy atom. The average Bonchev–Trinajstić information content (AvgIpc) is 2.52. The van der Waals surface area contributed by atoms with Crippen molar-refractivity contribution in [1.82, 2.24) is 0 Å². The first kappa shape index (κ1) is 17.0. The molecule has 1 aromatic carbocycles. The smallest absolute Gasteiger partial charge is 0.308 e. The lowest BCUT2D eigenvalue weighted by molar-refractivity contribution is -0.131. The van der Waals surface area contributed by atoms with Crippen LogP contribution in [0.3, 0.4) is 0 Å². The van der Waals surface area contributed by atoms with E-state index in [9.17, 15) is 4.79 Å². The van der Waals surface area contributed by atoms with Crippen molar-refractivity contribution in [3.63, 3.8) is 0 Å². The van der Waals surface area contributed by atoms with E-state index in [2.05, 4.69) is 6.07 Å². The summed E-state index contributed by atoms with van der Waals surface area (Å²) in [6.07, 6.45) is 4.29. The summed E-state index contributed by atoms with van der Waals surface area (Å²) >= 11 is 0. The van der Waals surface area contributed by atoms with Gasteiger partial charge in [-0.15, -0.1) is 0 Å². The third kappa shape index (κ3) is 3.17. The molecule has 0 heterocycles. The van der Waals surface area contributed by atoms with E-state index in [1.54, 1.807) is 6.92 Å². The highest BCUT2D eigenvalue weighted by molar-refractivity contribution is 5.69. The number of hydrogen-bond acceptors (Lipinski definition) is 3. The monoisotopic (exact) mass is 329 g/mol. The highest BCUT2D eigenvalue weighted by atomic mass is 19.1. The van der Waals surface area contributed by atoms with E-state index in [1.165, 1.54) is 18.1 Å². The molecule has 0 aliphatic heterocycles. The van der Waals surface area contributed by atoms with E-state index in [0.29, 0.717) is 36.8 Å². The molecule has 0 bridgehead atoms. The van der Waals surface area contributed by atoms with Crippen LogP contribution >= 0.6 is 0 Å². The number of alkyl halides is 1. The van der Waals surface area contributed by atoms with Crippen molar-refractivity contribution in [1.29, 1.82) is 5.26 Å². The molecule has 4 heteroatoms. The summed E-state index contributed by atoms with van der Waals surface area (Å²) in [5.41, 5.74) is 1.32. The second-order valence-corrected chi connectivity index (χ2v) is 7.38. The molecule has 4 atom stereocenters. The third-order valence-electron chi connectivity index (χ3n) is 5.84. The maximum absolute atomic E-state index is 15.0. The van der Waals surface area contributed by atoms with Gasteiger partial charge in [-0.1, -0.05) is 6.07 Å². The van der Waals surface area contributed by atoms with E-state index < -0.39 is 5.67 Å². The minimum Gasteiger partial charge on any atom is -0.427 e. The summed E-state index contributed by atoms with van der Waals surface area (Å²) in [7, 11) is 0. The highest BCUT2D eigenvalue weighted by Gasteiger charge is 2.48. The van der Waals surface area contributed by atoms with Crippen LogP contribution in [-0.4, -0.2) is 11.6 Å². The van der Waals surface area contributed by atoms with Crippen LogP contribution in [0.15, 0.2) is 18.2 Å². The molecule has 1 saturated carbocycles. The highest BCUT2D eigenvalue weighted by Crippen LogP contribution is 2.54. The van der Waals surface area contributed by atoms with E-state index in [4.69, 9.17) is 10.00 Å². The molecule has 0 amide bonds. The van der Waals surface area contributed by atoms with Crippen LogP contribution in [0.4, 0.5) is 4.39 Å². The fourth-order valence-corrected chi connectivity index (χ4v) is 4.80. The number of nitrogens with zero attached hydrogens (tertiary/aromatic N) is 1. The second kappa shape index (κ2) is 6.55. The van der Waals surface area contributed by atoms with Crippen molar-refractivity contribution >= 4 is 5.97 Å². The average molecular weight is 329 g/mol. The number of rotatable bonds is 3. The maximum Gasteiger partial charge on any atom is 0.308 e. The molecular weight excluding hydrogens is 305 g/mol. The van der Waals surface area contributed by atoms with Crippen molar-refractivity contribution in [2.75, 3.05) is 0 Å². The van der Waals surface area contributed by atoms with Gasteiger partial charge in [0.15, 0.2) is 0 Å². The molecule has 3 nitrogen and oxygen atoms in total. The maximum atomic E-state index is 15.0. The predicted molar refractivity (Wildman–Crippen MR) is 89.4 cm³/mol. The van der Waals surface area contributed by atoms with Crippen LogP contribution in [0.25, 0.3) is 0 Å². The zero-order valence-electron chi connectivity index (χ0n) is 14.3. The predicted octanol–water partition coefficient (Wildman–Crippen LogP) is 4.70. The SMILES string of the molecule is CC(=O)Oc1ccc2c(c1)CC[C@@H]1[C@@H]2CCC(C)(F)[C@@H]1CCC#N. The van der Waals surface area contributed by atoms with Crippen molar-refractivity contribution in [3.8, 4) is 11.8 Å². The van der Waals surface area contributed by atoms with Gasteiger partial charge in [-0.3, -0.25) is 4.79 Å². The van der Waals surface area contributed by atoms with Crippen LogP contribution < -0.4 is 4.74 Å². The van der Waals surface area contributed by atoms with Gasteiger partial charge in [0.05, 0.1) is 6.07 Å². The number of esters is 1. The Labute approximate surface area is 142 Å². The van der Waals surface area contributed by atoms with Crippen LogP contribution in [-0.2, 0) is 11.2 Å². The van der Waals surface area contributed by atoms with Crippen LogP contribution in [0.2, 0.25) is 0 Å². The molecule has 24 heavy (non-hydrogen) atoms. The Balaban J connectivity index is 1.87. The second-order valence-electron chi connectivity index (χ2n) is 7.38. The number of ether oxygens (including phenoxy) is 1. The topological polar surface area (TPSA) is 50.1 Å². The molecule has 128 valence electrons. The molecule has 0 N–H and O–H groups in total. The fourth-order valence-electron chi connectivity index (χ4n) is 4.80. The van der Waals surface area contributed by atoms with Gasteiger partial charge in [0.1, 0.15) is 11.4 Å². The Kier molecular flexibility index (Phi) is 4.62. The van der Waals surface area contributed by atoms with E-state index in [-0.39, 0.29) is 11.9 Å².